The maximum Gasteiger partial charge on any atom is 0.244 e. The smallest absolute Gasteiger partial charge is 0.244 e. The summed E-state index contributed by atoms with van der Waals surface area (Å²) in [5.74, 6) is 0. The molecule has 19 heavy (non-hydrogen) atoms. The molecule has 7 heteroatoms. The van der Waals surface area contributed by atoms with E-state index in [9.17, 15) is 8.42 Å². The number of nitriles is 1. The van der Waals surface area contributed by atoms with E-state index in [4.69, 9.17) is 5.26 Å². The highest BCUT2D eigenvalue weighted by Gasteiger charge is 2.28. The number of hydrogen-bond acceptors (Lipinski definition) is 4. The highest BCUT2D eigenvalue weighted by Crippen LogP contribution is 2.22. The lowest BCUT2D eigenvalue weighted by Crippen LogP contribution is -2.46. The maximum atomic E-state index is 12.5. The van der Waals surface area contributed by atoms with Gasteiger partial charge < -0.3 is 5.32 Å². The van der Waals surface area contributed by atoms with Gasteiger partial charge >= 0.3 is 0 Å². The summed E-state index contributed by atoms with van der Waals surface area (Å²) in [6.07, 6.45) is 0. The first-order valence-electron chi connectivity index (χ1n) is 5.78. The average Bonchev–Trinajstić information content (AvgIpc) is 2.39. The molecular formula is C12H16ClN3O2S. The molecule has 0 aliphatic carbocycles. The number of hydrogen-bond donors (Lipinski definition) is 1. The van der Waals surface area contributed by atoms with Crippen molar-refractivity contribution in [2.45, 2.75) is 11.8 Å². The Kier molecular flexibility index (Phi) is 5.32. The van der Waals surface area contributed by atoms with E-state index >= 15 is 0 Å². The molecule has 5 nitrogen and oxygen atoms in total. The lowest BCUT2D eigenvalue weighted by atomic mass is 10.1. The SMILES string of the molecule is Cc1cccc(S(=O)(=O)N2CCNCC2)c1C#N.Cl. The average molecular weight is 302 g/mol. The van der Waals surface area contributed by atoms with E-state index in [0.717, 1.165) is 0 Å². The van der Waals surface area contributed by atoms with E-state index < -0.39 is 10.0 Å². The van der Waals surface area contributed by atoms with Crippen molar-refractivity contribution >= 4 is 22.4 Å². The van der Waals surface area contributed by atoms with E-state index in [1.807, 2.05) is 6.07 Å². The molecule has 1 aromatic rings. The summed E-state index contributed by atoms with van der Waals surface area (Å²) in [6.45, 7) is 3.93. The number of sulfonamides is 1. The van der Waals surface area contributed by atoms with Crippen LogP contribution in [-0.4, -0.2) is 38.9 Å². The molecule has 1 saturated heterocycles. The first-order chi connectivity index (χ1) is 8.57. The molecule has 104 valence electrons. The van der Waals surface area contributed by atoms with Crippen molar-refractivity contribution in [1.29, 1.82) is 5.26 Å². The molecule has 2 rings (SSSR count). The summed E-state index contributed by atoms with van der Waals surface area (Å²) >= 11 is 0. The Bertz CT molecular complexity index is 589. The van der Waals surface area contributed by atoms with Gasteiger partial charge in [-0.25, -0.2) is 8.42 Å². The summed E-state index contributed by atoms with van der Waals surface area (Å²) in [6, 6.07) is 6.91. The lowest BCUT2D eigenvalue weighted by molar-refractivity contribution is 0.360. The molecule has 1 heterocycles. The topological polar surface area (TPSA) is 73.2 Å². The lowest BCUT2D eigenvalue weighted by Gasteiger charge is -2.27. The van der Waals surface area contributed by atoms with Crippen LogP contribution in [0.25, 0.3) is 0 Å². The van der Waals surface area contributed by atoms with Gasteiger partial charge in [-0.05, 0) is 18.6 Å². The standard InChI is InChI=1S/C12H15N3O2S.ClH/c1-10-3-2-4-12(11(10)9-13)18(16,17)15-7-5-14-6-8-15;/h2-4,14H,5-8H2,1H3;1H. The fourth-order valence-corrected chi connectivity index (χ4v) is 3.68. The van der Waals surface area contributed by atoms with Gasteiger partial charge in [0.15, 0.2) is 0 Å². The highest BCUT2D eigenvalue weighted by atomic mass is 35.5. The van der Waals surface area contributed by atoms with Gasteiger partial charge in [-0.2, -0.15) is 9.57 Å². The molecule has 1 aliphatic heterocycles. The molecule has 0 spiro atoms. The second-order valence-electron chi connectivity index (χ2n) is 4.21. The molecule has 0 unspecified atom stereocenters. The minimum absolute atomic E-state index is 0. The van der Waals surface area contributed by atoms with E-state index in [-0.39, 0.29) is 22.9 Å². The van der Waals surface area contributed by atoms with Crippen molar-refractivity contribution in [3.05, 3.63) is 29.3 Å². The third kappa shape index (κ3) is 3.07. The van der Waals surface area contributed by atoms with Crippen LogP contribution < -0.4 is 5.32 Å². The van der Waals surface area contributed by atoms with Crippen LogP contribution in [0.5, 0.6) is 0 Å². The number of nitrogens with one attached hydrogen (secondary N) is 1. The zero-order valence-electron chi connectivity index (χ0n) is 10.6. The summed E-state index contributed by atoms with van der Waals surface area (Å²) in [5, 5.41) is 12.2. The fraction of sp³-hybridized carbons (Fsp3) is 0.417. The van der Waals surface area contributed by atoms with Gasteiger partial charge in [0, 0.05) is 26.2 Å². The Balaban J connectivity index is 0.00000180. The monoisotopic (exact) mass is 301 g/mol. The number of aryl methyl sites for hydroxylation is 1. The van der Waals surface area contributed by atoms with Gasteiger partial charge in [-0.3, -0.25) is 0 Å². The summed E-state index contributed by atoms with van der Waals surface area (Å²) in [5.41, 5.74) is 0.935. The summed E-state index contributed by atoms with van der Waals surface area (Å²) in [7, 11) is -3.56. The number of piperazine rings is 1. The van der Waals surface area contributed by atoms with Gasteiger partial charge in [0.2, 0.25) is 10.0 Å². The zero-order valence-corrected chi connectivity index (χ0v) is 12.2. The van der Waals surface area contributed by atoms with Crippen molar-refractivity contribution in [3.63, 3.8) is 0 Å². The molecule has 0 radical (unpaired) electrons. The van der Waals surface area contributed by atoms with Crippen LogP contribution in [0.1, 0.15) is 11.1 Å². The van der Waals surface area contributed by atoms with Gasteiger partial charge in [0.05, 0.1) is 5.56 Å². The Morgan fingerprint density at radius 3 is 2.53 bits per heavy atom. The molecule has 1 fully saturated rings. The van der Waals surface area contributed by atoms with E-state index in [1.54, 1.807) is 19.1 Å². The molecule has 0 aromatic heterocycles. The van der Waals surface area contributed by atoms with Crippen LogP contribution in [0.3, 0.4) is 0 Å². The maximum absolute atomic E-state index is 12.5. The second kappa shape index (κ2) is 6.35. The van der Waals surface area contributed by atoms with Gasteiger partial charge in [-0.15, -0.1) is 12.4 Å². The Morgan fingerprint density at radius 2 is 1.95 bits per heavy atom. The molecular weight excluding hydrogens is 286 g/mol. The third-order valence-corrected chi connectivity index (χ3v) is 4.98. The number of nitrogens with zero attached hydrogens (tertiary/aromatic N) is 2. The first-order valence-corrected chi connectivity index (χ1v) is 7.22. The molecule has 1 aromatic carbocycles. The van der Waals surface area contributed by atoms with Gasteiger partial charge in [0.25, 0.3) is 0 Å². The Hall–Kier alpha value is -1.13. The Morgan fingerprint density at radius 1 is 1.32 bits per heavy atom. The van der Waals surface area contributed by atoms with Crippen molar-refractivity contribution in [1.82, 2.24) is 9.62 Å². The van der Waals surface area contributed by atoms with Crippen molar-refractivity contribution in [2.75, 3.05) is 26.2 Å². The molecule has 1 N–H and O–H groups in total. The number of benzene rings is 1. The minimum atomic E-state index is -3.56. The third-order valence-electron chi connectivity index (χ3n) is 3.04. The fourth-order valence-electron chi connectivity index (χ4n) is 2.02. The number of halogens is 1. The van der Waals surface area contributed by atoms with E-state index in [1.165, 1.54) is 10.4 Å². The predicted octanol–water partition coefficient (Wildman–Crippen LogP) is 0.882. The zero-order chi connectivity index (χ0) is 13.2. The molecule has 0 bridgehead atoms. The van der Waals surface area contributed by atoms with Crippen molar-refractivity contribution in [2.24, 2.45) is 0 Å². The quantitative estimate of drug-likeness (QED) is 0.880. The molecule has 0 saturated carbocycles. The van der Waals surface area contributed by atoms with Crippen molar-refractivity contribution < 1.29 is 8.42 Å². The van der Waals surface area contributed by atoms with Crippen LogP contribution in [0, 0.1) is 18.3 Å². The summed E-state index contributed by atoms with van der Waals surface area (Å²) < 4.78 is 26.4. The van der Waals surface area contributed by atoms with Gasteiger partial charge in [-0.1, -0.05) is 12.1 Å². The van der Waals surface area contributed by atoms with Crippen LogP contribution in [0.2, 0.25) is 0 Å². The van der Waals surface area contributed by atoms with Gasteiger partial charge in [0.1, 0.15) is 11.0 Å². The van der Waals surface area contributed by atoms with Crippen LogP contribution in [0.4, 0.5) is 0 Å². The second-order valence-corrected chi connectivity index (χ2v) is 6.12. The van der Waals surface area contributed by atoms with Crippen molar-refractivity contribution in [3.8, 4) is 6.07 Å². The van der Waals surface area contributed by atoms with Crippen LogP contribution in [-0.2, 0) is 10.0 Å². The van der Waals surface area contributed by atoms with E-state index in [0.29, 0.717) is 31.7 Å². The summed E-state index contributed by atoms with van der Waals surface area (Å²) in [4.78, 5) is 0.118. The Labute approximate surface area is 119 Å². The molecule has 1 aliphatic rings. The molecule has 0 amide bonds. The molecule has 0 atom stereocenters. The van der Waals surface area contributed by atoms with E-state index in [2.05, 4.69) is 5.32 Å². The highest BCUT2D eigenvalue weighted by molar-refractivity contribution is 7.89. The van der Waals surface area contributed by atoms with Crippen LogP contribution in [0.15, 0.2) is 23.1 Å². The largest absolute Gasteiger partial charge is 0.314 e. The van der Waals surface area contributed by atoms with Crippen LogP contribution >= 0.6 is 12.4 Å². The first kappa shape index (κ1) is 15.9. The number of rotatable bonds is 2. The predicted molar refractivity (Wildman–Crippen MR) is 74.8 cm³/mol. The minimum Gasteiger partial charge on any atom is -0.314 e. The normalized spacial score (nSPS) is 16.4.